The fourth-order valence-electron chi connectivity index (χ4n) is 5.68. The molecule has 0 amide bonds. The molecular weight excluding hydrogens is 504 g/mol. The van der Waals surface area contributed by atoms with Crippen LogP contribution in [0.3, 0.4) is 0 Å². The maximum absolute atomic E-state index is 13.1. The van der Waals surface area contributed by atoms with Crippen LogP contribution in [0, 0.1) is 5.41 Å². The van der Waals surface area contributed by atoms with Gasteiger partial charge in [-0.15, -0.1) is 0 Å². The van der Waals surface area contributed by atoms with Gasteiger partial charge in [-0.2, -0.15) is 0 Å². The van der Waals surface area contributed by atoms with Gasteiger partial charge in [0.1, 0.15) is 19.8 Å². The summed E-state index contributed by atoms with van der Waals surface area (Å²) in [5.41, 5.74) is -3.69. The molecule has 3 fully saturated rings. The maximum Gasteiger partial charge on any atom is 0.341 e. The van der Waals surface area contributed by atoms with Crippen molar-refractivity contribution in [2.45, 2.75) is 148 Å². The summed E-state index contributed by atoms with van der Waals surface area (Å²) in [7, 11) is 0. The molecule has 3 heterocycles. The van der Waals surface area contributed by atoms with Crippen molar-refractivity contribution in [2.75, 3.05) is 19.8 Å². The van der Waals surface area contributed by atoms with Gasteiger partial charge in [0.25, 0.3) is 0 Å². The lowest BCUT2D eigenvalue weighted by molar-refractivity contribution is -0.169. The van der Waals surface area contributed by atoms with Crippen LogP contribution >= 0.6 is 0 Å². The Hall–Kier alpha value is -1.71. The summed E-state index contributed by atoms with van der Waals surface area (Å²) in [6, 6.07) is 0. The van der Waals surface area contributed by atoms with E-state index in [1.54, 1.807) is 0 Å². The van der Waals surface area contributed by atoms with E-state index in [2.05, 4.69) is 0 Å². The Morgan fingerprint density at radius 2 is 0.846 bits per heavy atom. The fourth-order valence-corrected chi connectivity index (χ4v) is 5.68. The van der Waals surface area contributed by atoms with Crippen molar-refractivity contribution in [1.29, 1.82) is 0 Å². The number of ether oxygens (including phenoxy) is 6. The third kappa shape index (κ3) is 6.30. The molecule has 3 aliphatic heterocycles. The quantitative estimate of drug-likeness (QED) is 0.123. The Kier molecular flexibility index (Phi) is 10.5. The lowest BCUT2D eigenvalue weighted by atomic mass is 9.87. The number of esters is 3. The Labute approximate surface area is 233 Å². The second-order valence-corrected chi connectivity index (χ2v) is 11.5. The second kappa shape index (κ2) is 12.9. The summed E-state index contributed by atoms with van der Waals surface area (Å²) < 4.78 is 34.8. The summed E-state index contributed by atoms with van der Waals surface area (Å²) in [6.07, 6.45) is 6.64. The predicted octanol–water partition coefficient (Wildman–Crippen LogP) is 5.06. The smallest absolute Gasteiger partial charge is 0.341 e. The van der Waals surface area contributed by atoms with Crippen LogP contribution in [-0.2, 0) is 42.8 Å². The summed E-state index contributed by atoms with van der Waals surface area (Å²) in [5.74, 6) is -1.26. The van der Waals surface area contributed by atoms with Gasteiger partial charge >= 0.3 is 17.9 Å². The number of carbonyl (C=O) groups excluding carboxylic acids is 3. The first-order chi connectivity index (χ1) is 18.6. The molecule has 0 unspecified atom stereocenters. The van der Waals surface area contributed by atoms with E-state index >= 15 is 0 Å². The van der Waals surface area contributed by atoms with Gasteiger partial charge in [-0.25, -0.2) is 14.4 Å². The standard InChI is InChI=1S/C30H50O9/c1-8-15-21-28(12-5,37-21)24(31)34-18-27(11-4,19-35-25(32)29(13-6)22(38-29)16-9-2)20-36-26(33)30(14-7)23(39-30)17-10-3/h21-23H,8-20H2,1-7H3/t21-,22-,23-,28-,29-,30-/m0/s1. The van der Waals surface area contributed by atoms with E-state index in [1.165, 1.54) is 0 Å². The van der Waals surface area contributed by atoms with Gasteiger partial charge in [-0.05, 0) is 44.9 Å². The zero-order valence-electron chi connectivity index (χ0n) is 25.1. The zero-order chi connectivity index (χ0) is 28.9. The molecule has 9 nitrogen and oxygen atoms in total. The van der Waals surface area contributed by atoms with Crippen LogP contribution < -0.4 is 0 Å². The van der Waals surface area contributed by atoms with E-state index in [-0.39, 0.29) is 38.1 Å². The lowest BCUT2D eigenvalue weighted by Crippen LogP contribution is -2.43. The molecule has 0 saturated carbocycles. The Morgan fingerprint density at radius 1 is 0.564 bits per heavy atom. The van der Waals surface area contributed by atoms with Crippen molar-refractivity contribution in [3.05, 3.63) is 0 Å². The molecule has 6 atom stereocenters. The van der Waals surface area contributed by atoms with Crippen LogP contribution in [0.4, 0.5) is 0 Å². The minimum Gasteiger partial charge on any atom is -0.463 e. The molecule has 0 aromatic carbocycles. The van der Waals surface area contributed by atoms with Crippen LogP contribution in [0.15, 0.2) is 0 Å². The first kappa shape index (κ1) is 31.8. The first-order valence-corrected chi connectivity index (χ1v) is 15.2. The van der Waals surface area contributed by atoms with Gasteiger partial charge in [0.2, 0.25) is 0 Å². The number of epoxide rings is 3. The highest BCUT2D eigenvalue weighted by atomic mass is 16.7. The molecule has 0 spiro atoms. The van der Waals surface area contributed by atoms with Gasteiger partial charge in [0, 0.05) is 0 Å². The lowest BCUT2D eigenvalue weighted by Gasteiger charge is -2.32. The normalized spacial score (nSPS) is 32.8. The summed E-state index contributed by atoms with van der Waals surface area (Å²) in [4.78, 5) is 39.4. The molecule has 0 radical (unpaired) electrons. The van der Waals surface area contributed by atoms with Crippen molar-refractivity contribution in [2.24, 2.45) is 5.41 Å². The summed E-state index contributed by atoms with van der Waals surface area (Å²) in [5, 5.41) is 0. The van der Waals surface area contributed by atoms with Crippen molar-refractivity contribution in [3.63, 3.8) is 0 Å². The Bertz CT molecular complexity index is 767. The average molecular weight is 555 g/mol. The Balaban J connectivity index is 1.71. The van der Waals surface area contributed by atoms with E-state index < -0.39 is 40.1 Å². The molecule has 9 heteroatoms. The predicted molar refractivity (Wildman–Crippen MR) is 144 cm³/mol. The summed E-state index contributed by atoms with van der Waals surface area (Å²) >= 11 is 0. The number of rotatable bonds is 19. The van der Waals surface area contributed by atoms with E-state index in [0.29, 0.717) is 25.7 Å². The molecule has 0 aromatic heterocycles. The molecule has 3 saturated heterocycles. The minimum atomic E-state index is -0.925. The number of hydrogen-bond acceptors (Lipinski definition) is 9. The van der Waals surface area contributed by atoms with Gasteiger partial charge in [-0.3, -0.25) is 0 Å². The van der Waals surface area contributed by atoms with Gasteiger partial charge in [-0.1, -0.05) is 67.7 Å². The van der Waals surface area contributed by atoms with Gasteiger partial charge in [0.05, 0.1) is 23.7 Å². The Morgan fingerprint density at radius 3 is 1.05 bits per heavy atom. The zero-order valence-corrected chi connectivity index (χ0v) is 25.1. The van der Waals surface area contributed by atoms with Crippen LogP contribution in [0.25, 0.3) is 0 Å². The van der Waals surface area contributed by atoms with E-state index in [4.69, 9.17) is 28.4 Å². The number of hydrogen-bond donors (Lipinski definition) is 0. The van der Waals surface area contributed by atoms with E-state index in [1.807, 2.05) is 48.5 Å². The first-order valence-electron chi connectivity index (χ1n) is 15.2. The average Bonchev–Trinajstić information content (AvgIpc) is 3.87. The highest BCUT2D eigenvalue weighted by Gasteiger charge is 2.64. The molecule has 0 aliphatic carbocycles. The third-order valence-electron chi connectivity index (χ3n) is 8.99. The molecule has 0 bridgehead atoms. The van der Waals surface area contributed by atoms with Crippen LogP contribution in [0.1, 0.15) is 113 Å². The van der Waals surface area contributed by atoms with Crippen LogP contribution in [-0.4, -0.2) is 72.8 Å². The minimum absolute atomic E-state index is 0.0659. The van der Waals surface area contributed by atoms with Crippen molar-refractivity contribution >= 4 is 17.9 Å². The largest absolute Gasteiger partial charge is 0.463 e. The fraction of sp³-hybridized carbons (Fsp3) is 0.900. The molecular formula is C30H50O9. The highest BCUT2D eigenvalue weighted by Crippen LogP contribution is 2.46. The van der Waals surface area contributed by atoms with E-state index in [9.17, 15) is 14.4 Å². The topological polar surface area (TPSA) is 116 Å². The molecule has 0 aromatic rings. The maximum atomic E-state index is 13.1. The molecule has 39 heavy (non-hydrogen) atoms. The van der Waals surface area contributed by atoms with Gasteiger partial charge < -0.3 is 28.4 Å². The monoisotopic (exact) mass is 554 g/mol. The number of carbonyl (C=O) groups is 3. The third-order valence-corrected chi connectivity index (χ3v) is 8.99. The highest BCUT2D eigenvalue weighted by molar-refractivity contribution is 5.84. The SMILES string of the molecule is CCC[C@@H]1O[C@]1(CC)C(=O)OCC(CC)(COC(=O)[C@@]1(CC)O[C@H]1CCC)COC(=O)[C@@]1(CC)O[C@H]1CCC. The van der Waals surface area contributed by atoms with E-state index in [0.717, 1.165) is 38.5 Å². The summed E-state index contributed by atoms with van der Waals surface area (Å²) in [6.45, 7) is 13.6. The van der Waals surface area contributed by atoms with Crippen molar-refractivity contribution in [3.8, 4) is 0 Å². The van der Waals surface area contributed by atoms with Crippen LogP contribution in [0.2, 0.25) is 0 Å². The molecule has 0 N–H and O–H groups in total. The molecule has 3 rings (SSSR count). The van der Waals surface area contributed by atoms with Gasteiger partial charge in [0.15, 0.2) is 16.8 Å². The van der Waals surface area contributed by atoms with Crippen LogP contribution in [0.5, 0.6) is 0 Å². The van der Waals surface area contributed by atoms with Crippen molar-refractivity contribution in [1.82, 2.24) is 0 Å². The second-order valence-electron chi connectivity index (χ2n) is 11.5. The molecule has 224 valence electrons. The molecule has 3 aliphatic rings. The van der Waals surface area contributed by atoms with Crippen molar-refractivity contribution < 1.29 is 42.8 Å².